The first kappa shape index (κ1) is 18.6. The highest BCUT2D eigenvalue weighted by Gasteiger charge is 2.43. The third-order valence-electron chi connectivity index (χ3n) is 5.14. The van der Waals surface area contributed by atoms with Crippen molar-refractivity contribution in [1.82, 2.24) is 4.90 Å². The van der Waals surface area contributed by atoms with Crippen molar-refractivity contribution in [2.45, 2.75) is 25.2 Å². The van der Waals surface area contributed by atoms with E-state index in [2.05, 4.69) is 5.32 Å². The Balaban J connectivity index is 1.90. The number of hydrogen-bond donors (Lipinski definition) is 1. The van der Waals surface area contributed by atoms with Crippen LogP contribution in [0.3, 0.4) is 0 Å². The molecule has 1 saturated heterocycles. The Kier molecular flexibility index (Phi) is 5.21. The van der Waals surface area contributed by atoms with Crippen molar-refractivity contribution < 1.29 is 14.5 Å². The number of benzene rings is 2. The highest BCUT2D eigenvalue weighted by Crippen LogP contribution is 2.37. The summed E-state index contributed by atoms with van der Waals surface area (Å²) in [6, 6.07) is 15.4. The van der Waals surface area contributed by atoms with E-state index in [4.69, 9.17) is 0 Å². The number of anilines is 1. The van der Waals surface area contributed by atoms with E-state index in [0.29, 0.717) is 31.6 Å². The summed E-state index contributed by atoms with van der Waals surface area (Å²) in [7, 11) is 0. The maximum absolute atomic E-state index is 13.3. The molecule has 0 aliphatic carbocycles. The van der Waals surface area contributed by atoms with Crippen LogP contribution in [-0.2, 0) is 15.0 Å². The number of carbonyl (C=O) groups is 2. The van der Waals surface area contributed by atoms with Crippen LogP contribution in [0.15, 0.2) is 54.6 Å². The van der Waals surface area contributed by atoms with E-state index >= 15 is 0 Å². The van der Waals surface area contributed by atoms with E-state index < -0.39 is 10.3 Å². The highest BCUT2D eigenvalue weighted by atomic mass is 16.6. The van der Waals surface area contributed by atoms with Crippen molar-refractivity contribution in [3.8, 4) is 0 Å². The van der Waals surface area contributed by atoms with Gasteiger partial charge in [0.2, 0.25) is 11.8 Å². The summed E-state index contributed by atoms with van der Waals surface area (Å²) in [5.41, 5.74) is 0.417. The lowest BCUT2D eigenvalue weighted by molar-refractivity contribution is -0.384. The summed E-state index contributed by atoms with van der Waals surface area (Å²) in [4.78, 5) is 37.2. The molecule has 7 heteroatoms. The Hall–Kier alpha value is -3.22. The number of likely N-dealkylation sites (tertiary alicyclic amines) is 1. The molecule has 0 radical (unpaired) electrons. The molecule has 7 nitrogen and oxygen atoms in total. The maximum atomic E-state index is 13.3. The minimum atomic E-state index is -0.780. The SMILES string of the molecule is CC(=O)N1CCC(C(=O)Nc2cccc([N+](=O)[O-])c2)(c2ccccc2)CC1. The molecule has 0 bridgehead atoms. The zero-order valence-corrected chi connectivity index (χ0v) is 15.1. The molecule has 0 unspecified atom stereocenters. The van der Waals surface area contributed by atoms with Gasteiger partial charge in [-0.25, -0.2) is 0 Å². The summed E-state index contributed by atoms with van der Waals surface area (Å²) in [5, 5.41) is 13.8. The number of hydrogen-bond acceptors (Lipinski definition) is 4. The van der Waals surface area contributed by atoms with Gasteiger partial charge in [0.1, 0.15) is 0 Å². The number of rotatable bonds is 4. The fourth-order valence-electron chi connectivity index (χ4n) is 3.56. The molecule has 0 aromatic heterocycles. The molecule has 2 amide bonds. The quantitative estimate of drug-likeness (QED) is 0.664. The number of piperidine rings is 1. The molecule has 140 valence electrons. The first-order valence-corrected chi connectivity index (χ1v) is 8.79. The molecule has 0 atom stereocenters. The lowest BCUT2D eigenvalue weighted by Crippen LogP contribution is -2.50. The zero-order valence-electron chi connectivity index (χ0n) is 15.1. The molecule has 3 rings (SSSR count). The first-order chi connectivity index (χ1) is 12.9. The average Bonchev–Trinajstić information content (AvgIpc) is 2.68. The monoisotopic (exact) mass is 367 g/mol. The van der Waals surface area contributed by atoms with Gasteiger partial charge in [-0.15, -0.1) is 0 Å². The molecule has 1 N–H and O–H groups in total. The number of nitro benzene ring substituents is 1. The van der Waals surface area contributed by atoms with E-state index in [-0.39, 0.29) is 17.5 Å². The second kappa shape index (κ2) is 7.57. The van der Waals surface area contributed by atoms with Crippen molar-refractivity contribution in [3.05, 3.63) is 70.3 Å². The van der Waals surface area contributed by atoms with Gasteiger partial charge in [-0.1, -0.05) is 36.4 Å². The summed E-state index contributed by atoms with van der Waals surface area (Å²) in [5.74, 6) is -0.215. The smallest absolute Gasteiger partial charge is 0.271 e. The highest BCUT2D eigenvalue weighted by molar-refractivity contribution is 5.99. The van der Waals surface area contributed by atoms with Crippen LogP contribution in [-0.4, -0.2) is 34.7 Å². The van der Waals surface area contributed by atoms with Crippen LogP contribution in [0.5, 0.6) is 0 Å². The van der Waals surface area contributed by atoms with Gasteiger partial charge in [-0.2, -0.15) is 0 Å². The molecule has 1 heterocycles. The molecule has 1 aliphatic rings. The van der Waals surface area contributed by atoms with Crippen molar-refractivity contribution >= 4 is 23.2 Å². The number of nitrogens with zero attached hydrogens (tertiary/aromatic N) is 2. The van der Waals surface area contributed by atoms with E-state index in [1.807, 2.05) is 30.3 Å². The second-order valence-corrected chi connectivity index (χ2v) is 6.72. The van der Waals surface area contributed by atoms with E-state index in [1.165, 1.54) is 19.1 Å². The van der Waals surface area contributed by atoms with Crippen LogP contribution in [0.1, 0.15) is 25.3 Å². The summed E-state index contributed by atoms with van der Waals surface area (Å²) in [6.07, 6.45) is 0.995. The molecular formula is C20H21N3O4. The van der Waals surface area contributed by atoms with Gasteiger partial charge >= 0.3 is 0 Å². The third-order valence-corrected chi connectivity index (χ3v) is 5.14. The predicted molar refractivity (Wildman–Crippen MR) is 101 cm³/mol. The second-order valence-electron chi connectivity index (χ2n) is 6.72. The van der Waals surface area contributed by atoms with Crippen molar-refractivity contribution in [1.29, 1.82) is 0 Å². The third kappa shape index (κ3) is 3.81. The summed E-state index contributed by atoms with van der Waals surface area (Å²) < 4.78 is 0. The van der Waals surface area contributed by atoms with E-state index in [0.717, 1.165) is 5.56 Å². The number of amides is 2. The predicted octanol–water partition coefficient (Wildman–Crippen LogP) is 3.11. The average molecular weight is 367 g/mol. The van der Waals surface area contributed by atoms with Gasteiger partial charge in [0.15, 0.2) is 0 Å². The first-order valence-electron chi connectivity index (χ1n) is 8.79. The van der Waals surface area contributed by atoms with E-state index in [1.54, 1.807) is 17.0 Å². The standard InChI is InChI=1S/C20H21N3O4/c1-15(24)22-12-10-20(11-13-22,16-6-3-2-4-7-16)19(25)21-17-8-5-9-18(14-17)23(26)27/h2-9,14H,10-13H2,1H3,(H,21,25). The molecule has 2 aromatic carbocycles. The Morgan fingerprint density at radius 1 is 1.07 bits per heavy atom. The van der Waals surface area contributed by atoms with Crippen molar-refractivity contribution in [2.75, 3.05) is 18.4 Å². The Morgan fingerprint density at radius 2 is 1.74 bits per heavy atom. The molecule has 1 fully saturated rings. The maximum Gasteiger partial charge on any atom is 0.271 e. The lowest BCUT2D eigenvalue weighted by Gasteiger charge is -2.40. The normalized spacial score (nSPS) is 15.8. The van der Waals surface area contributed by atoms with Crippen LogP contribution in [0.25, 0.3) is 0 Å². The molecule has 0 saturated carbocycles. The van der Waals surface area contributed by atoms with Crippen LogP contribution in [0.2, 0.25) is 0 Å². The van der Waals surface area contributed by atoms with Gasteiger partial charge < -0.3 is 10.2 Å². The fourth-order valence-corrected chi connectivity index (χ4v) is 3.56. The van der Waals surface area contributed by atoms with Gasteiger partial charge in [0.25, 0.3) is 5.69 Å². The molecule has 2 aromatic rings. The van der Waals surface area contributed by atoms with E-state index in [9.17, 15) is 19.7 Å². The Morgan fingerprint density at radius 3 is 2.33 bits per heavy atom. The molecular weight excluding hydrogens is 346 g/mol. The summed E-state index contributed by atoms with van der Waals surface area (Å²) >= 11 is 0. The minimum absolute atomic E-state index is 0.00393. The lowest BCUT2D eigenvalue weighted by atomic mass is 9.72. The summed E-state index contributed by atoms with van der Waals surface area (Å²) in [6.45, 7) is 2.51. The molecule has 27 heavy (non-hydrogen) atoms. The van der Waals surface area contributed by atoms with Gasteiger partial charge in [-0.3, -0.25) is 19.7 Å². The van der Waals surface area contributed by atoms with Crippen molar-refractivity contribution in [3.63, 3.8) is 0 Å². The van der Waals surface area contributed by atoms with Crippen LogP contribution in [0, 0.1) is 10.1 Å². The zero-order chi connectivity index (χ0) is 19.4. The minimum Gasteiger partial charge on any atom is -0.343 e. The fraction of sp³-hybridized carbons (Fsp3) is 0.300. The molecule has 1 aliphatic heterocycles. The number of nitrogens with one attached hydrogen (secondary N) is 1. The van der Waals surface area contributed by atoms with Crippen LogP contribution < -0.4 is 5.32 Å². The number of non-ortho nitro benzene ring substituents is 1. The topological polar surface area (TPSA) is 92.6 Å². The number of carbonyl (C=O) groups excluding carboxylic acids is 2. The molecule has 0 spiro atoms. The van der Waals surface area contributed by atoms with Crippen LogP contribution in [0.4, 0.5) is 11.4 Å². The number of nitro groups is 1. The van der Waals surface area contributed by atoms with Gasteiger partial charge in [0.05, 0.1) is 10.3 Å². The van der Waals surface area contributed by atoms with Crippen LogP contribution >= 0.6 is 0 Å². The van der Waals surface area contributed by atoms with Gasteiger partial charge in [0, 0.05) is 37.8 Å². The van der Waals surface area contributed by atoms with Gasteiger partial charge in [-0.05, 0) is 24.5 Å². The van der Waals surface area contributed by atoms with Crippen molar-refractivity contribution in [2.24, 2.45) is 0 Å². The Labute approximate surface area is 157 Å². The Bertz CT molecular complexity index is 859. The largest absolute Gasteiger partial charge is 0.343 e.